The standard InChI is InChI=1S/C25H30F5N7O4S/c1-2-3-4-5-10-40-15-21(38)32-24-35-34-22(42-24)9-6-17(26)13-37-14-20(33-36-37)23(39)31-12-16-11-18(7-8-19(16)27)41-25(28,29)30/h7-8,11,14,17H,2-6,9-10,12-13,15H2,1H3,(H,31,39)(H,32,35,38). The van der Waals surface area contributed by atoms with E-state index in [1.54, 1.807) is 0 Å². The molecule has 1 unspecified atom stereocenters. The highest BCUT2D eigenvalue weighted by Crippen LogP contribution is 2.25. The number of rotatable bonds is 17. The van der Waals surface area contributed by atoms with E-state index in [0.717, 1.165) is 59.9 Å². The Morgan fingerprint density at radius 2 is 1.95 bits per heavy atom. The zero-order valence-corrected chi connectivity index (χ0v) is 23.4. The number of hydrogen-bond acceptors (Lipinski definition) is 9. The number of carbonyl (C=O) groups is 2. The van der Waals surface area contributed by atoms with Gasteiger partial charge in [-0.05, 0) is 31.0 Å². The number of aryl methyl sites for hydroxylation is 1. The molecule has 0 bridgehead atoms. The average molecular weight is 620 g/mol. The number of anilines is 1. The van der Waals surface area contributed by atoms with Crippen LogP contribution in [0.4, 0.5) is 27.1 Å². The molecule has 1 aromatic carbocycles. The molecule has 42 heavy (non-hydrogen) atoms. The third kappa shape index (κ3) is 11.6. The third-order valence-corrected chi connectivity index (χ3v) is 6.51. The number of halogens is 5. The van der Waals surface area contributed by atoms with Gasteiger partial charge in [0.05, 0.1) is 12.7 Å². The maximum Gasteiger partial charge on any atom is 0.573 e. The fraction of sp³-hybridized carbons (Fsp3) is 0.520. The van der Waals surface area contributed by atoms with Crippen LogP contribution in [0.2, 0.25) is 0 Å². The summed E-state index contributed by atoms with van der Waals surface area (Å²) in [5, 5.41) is 20.9. The fourth-order valence-corrected chi connectivity index (χ4v) is 4.34. The Morgan fingerprint density at radius 1 is 1.14 bits per heavy atom. The Balaban J connectivity index is 1.39. The van der Waals surface area contributed by atoms with Gasteiger partial charge in [0.1, 0.15) is 29.4 Å². The molecule has 0 fully saturated rings. The van der Waals surface area contributed by atoms with Crippen molar-refractivity contribution in [2.75, 3.05) is 18.5 Å². The molecule has 230 valence electrons. The molecule has 0 aliphatic heterocycles. The highest BCUT2D eigenvalue weighted by atomic mass is 32.1. The summed E-state index contributed by atoms with van der Waals surface area (Å²) in [5.41, 5.74) is -0.438. The lowest BCUT2D eigenvalue weighted by atomic mass is 10.2. The lowest BCUT2D eigenvalue weighted by molar-refractivity contribution is -0.274. The van der Waals surface area contributed by atoms with Crippen LogP contribution in [0, 0.1) is 5.82 Å². The van der Waals surface area contributed by atoms with Crippen LogP contribution in [-0.2, 0) is 29.0 Å². The van der Waals surface area contributed by atoms with E-state index in [1.807, 2.05) is 0 Å². The van der Waals surface area contributed by atoms with Crippen LogP contribution in [0.3, 0.4) is 0 Å². The molecular formula is C25H30F5N7O4S. The number of nitrogens with one attached hydrogen (secondary N) is 2. The topological polar surface area (TPSA) is 133 Å². The number of amides is 2. The van der Waals surface area contributed by atoms with Crippen molar-refractivity contribution in [2.45, 2.75) is 71.1 Å². The molecule has 2 heterocycles. The third-order valence-electron chi connectivity index (χ3n) is 5.61. The average Bonchev–Trinajstić information content (AvgIpc) is 3.58. The van der Waals surface area contributed by atoms with Gasteiger partial charge in [0.2, 0.25) is 5.13 Å². The van der Waals surface area contributed by atoms with Crippen molar-refractivity contribution in [2.24, 2.45) is 0 Å². The number of benzene rings is 1. The molecule has 2 N–H and O–H groups in total. The Kier molecular flexibility index (Phi) is 12.5. The number of hydrogen-bond donors (Lipinski definition) is 2. The molecule has 3 aromatic rings. The normalized spacial score (nSPS) is 12.2. The van der Waals surface area contributed by atoms with E-state index in [4.69, 9.17) is 4.74 Å². The predicted molar refractivity (Wildman–Crippen MR) is 141 cm³/mol. The smallest absolute Gasteiger partial charge is 0.406 e. The molecule has 2 aromatic heterocycles. The van der Waals surface area contributed by atoms with Gasteiger partial charge in [-0.3, -0.25) is 14.9 Å². The van der Waals surface area contributed by atoms with Gasteiger partial charge in [0, 0.05) is 25.1 Å². The van der Waals surface area contributed by atoms with Crippen molar-refractivity contribution in [1.82, 2.24) is 30.5 Å². The van der Waals surface area contributed by atoms with Crippen molar-refractivity contribution in [3.05, 3.63) is 46.5 Å². The van der Waals surface area contributed by atoms with Crippen LogP contribution in [0.5, 0.6) is 5.75 Å². The van der Waals surface area contributed by atoms with E-state index >= 15 is 0 Å². The van der Waals surface area contributed by atoms with Crippen molar-refractivity contribution in [3.63, 3.8) is 0 Å². The SMILES string of the molecule is CCCCCCOCC(=O)Nc1nnc(CCC(F)Cn2cc(C(=O)NCc3cc(OC(F)(F)F)ccc3F)nn2)s1. The molecule has 0 radical (unpaired) electrons. The molecular weight excluding hydrogens is 589 g/mol. The van der Waals surface area contributed by atoms with Crippen molar-refractivity contribution >= 4 is 28.3 Å². The Hall–Kier alpha value is -3.73. The number of aromatic nitrogens is 5. The Labute approximate surface area is 241 Å². The minimum atomic E-state index is -4.95. The van der Waals surface area contributed by atoms with E-state index in [1.165, 1.54) is 6.20 Å². The number of unbranched alkanes of at least 4 members (excludes halogenated alkanes) is 3. The summed E-state index contributed by atoms with van der Waals surface area (Å²) in [4.78, 5) is 24.3. The van der Waals surface area contributed by atoms with Crippen molar-refractivity contribution in [3.8, 4) is 5.75 Å². The van der Waals surface area contributed by atoms with Crippen LogP contribution in [0.15, 0.2) is 24.4 Å². The second-order valence-corrected chi connectivity index (χ2v) is 10.2. The van der Waals surface area contributed by atoms with E-state index in [0.29, 0.717) is 11.6 Å². The van der Waals surface area contributed by atoms with Gasteiger partial charge < -0.3 is 14.8 Å². The van der Waals surface area contributed by atoms with Gasteiger partial charge in [0.25, 0.3) is 11.8 Å². The van der Waals surface area contributed by atoms with Crippen LogP contribution >= 0.6 is 11.3 Å². The largest absolute Gasteiger partial charge is 0.573 e. The summed E-state index contributed by atoms with van der Waals surface area (Å²) in [6, 6.07) is 2.40. The number of ether oxygens (including phenoxy) is 2. The second kappa shape index (κ2) is 16.1. The first-order chi connectivity index (χ1) is 20.0. The minimum absolute atomic E-state index is 0.0560. The summed E-state index contributed by atoms with van der Waals surface area (Å²) in [7, 11) is 0. The summed E-state index contributed by atoms with van der Waals surface area (Å²) < 4.78 is 75.9. The van der Waals surface area contributed by atoms with Gasteiger partial charge in [-0.1, -0.05) is 42.7 Å². The van der Waals surface area contributed by atoms with Crippen LogP contribution in [-0.4, -0.2) is 62.8 Å². The zero-order valence-electron chi connectivity index (χ0n) is 22.6. The minimum Gasteiger partial charge on any atom is -0.406 e. The predicted octanol–water partition coefficient (Wildman–Crippen LogP) is 4.60. The monoisotopic (exact) mass is 619 g/mol. The molecule has 0 aliphatic rings. The van der Waals surface area contributed by atoms with Gasteiger partial charge in [-0.15, -0.1) is 28.5 Å². The fourth-order valence-electron chi connectivity index (χ4n) is 3.57. The molecule has 17 heteroatoms. The Morgan fingerprint density at radius 3 is 2.71 bits per heavy atom. The number of carbonyl (C=O) groups excluding carboxylic acids is 2. The van der Waals surface area contributed by atoms with Crippen molar-refractivity contribution < 1.29 is 41.0 Å². The first kappa shape index (κ1) is 32.8. The van der Waals surface area contributed by atoms with Crippen molar-refractivity contribution in [1.29, 1.82) is 0 Å². The van der Waals surface area contributed by atoms with E-state index in [-0.39, 0.29) is 48.3 Å². The van der Waals surface area contributed by atoms with Gasteiger partial charge in [-0.2, -0.15) is 0 Å². The quantitative estimate of drug-likeness (QED) is 0.166. The first-order valence-corrected chi connectivity index (χ1v) is 13.9. The highest BCUT2D eigenvalue weighted by molar-refractivity contribution is 7.15. The summed E-state index contributed by atoms with van der Waals surface area (Å²) in [6.45, 7) is 1.85. The zero-order chi connectivity index (χ0) is 30.5. The highest BCUT2D eigenvalue weighted by Gasteiger charge is 2.31. The lowest BCUT2D eigenvalue weighted by Crippen LogP contribution is -2.24. The molecule has 2 amide bonds. The first-order valence-electron chi connectivity index (χ1n) is 13.1. The Bertz CT molecular complexity index is 1300. The summed E-state index contributed by atoms with van der Waals surface area (Å²) in [5.74, 6) is -2.62. The maximum atomic E-state index is 14.6. The number of alkyl halides is 4. The van der Waals surface area contributed by atoms with Crippen LogP contribution in [0.25, 0.3) is 0 Å². The summed E-state index contributed by atoms with van der Waals surface area (Å²) in [6.07, 6.45) is -0.669. The maximum absolute atomic E-state index is 14.6. The second-order valence-electron chi connectivity index (χ2n) is 9.11. The molecule has 0 saturated carbocycles. The molecule has 11 nitrogen and oxygen atoms in total. The molecule has 1 atom stereocenters. The molecule has 3 rings (SSSR count). The van der Waals surface area contributed by atoms with E-state index in [2.05, 4.69) is 42.8 Å². The van der Waals surface area contributed by atoms with Gasteiger partial charge >= 0.3 is 6.36 Å². The van der Waals surface area contributed by atoms with Crippen LogP contribution < -0.4 is 15.4 Å². The molecule has 0 aliphatic carbocycles. The molecule has 0 spiro atoms. The van der Waals surface area contributed by atoms with E-state index < -0.39 is 36.6 Å². The van der Waals surface area contributed by atoms with Crippen LogP contribution in [0.1, 0.15) is 60.1 Å². The summed E-state index contributed by atoms with van der Waals surface area (Å²) >= 11 is 1.12. The van der Waals surface area contributed by atoms with Gasteiger partial charge in [0.15, 0.2) is 5.69 Å². The number of nitrogens with zero attached hydrogens (tertiary/aromatic N) is 5. The van der Waals surface area contributed by atoms with Gasteiger partial charge in [-0.25, -0.2) is 13.5 Å². The molecule has 0 saturated heterocycles. The lowest BCUT2D eigenvalue weighted by Gasteiger charge is -2.11. The van der Waals surface area contributed by atoms with E-state index in [9.17, 15) is 31.5 Å².